The number of carbonyl (C=O) groups excluding carboxylic acids is 1. The lowest BCUT2D eigenvalue weighted by Crippen LogP contribution is -2.32. The molecule has 0 fully saturated rings. The van der Waals surface area contributed by atoms with Crippen LogP contribution in [0.25, 0.3) is 0 Å². The maximum atomic E-state index is 13.3. The van der Waals surface area contributed by atoms with Crippen molar-refractivity contribution < 1.29 is 27.2 Å². The van der Waals surface area contributed by atoms with Gasteiger partial charge in [-0.05, 0) is 42.8 Å². The summed E-state index contributed by atoms with van der Waals surface area (Å²) in [6.07, 6.45) is -4.04. The van der Waals surface area contributed by atoms with Gasteiger partial charge in [-0.2, -0.15) is 13.2 Å². The first-order valence-electron chi connectivity index (χ1n) is 9.80. The predicted molar refractivity (Wildman–Crippen MR) is 120 cm³/mol. The van der Waals surface area contributed by atoms with Gasteiger partial charge in [0.2, 0.25) is 0 Å². The number of rotatable bonds is 7. The minimum absolute atomic E-state index is 0.0356. The number of alkyl halides is 3. The van der Waals surface area contributed by atoms with Gasteiger partial charge in [-0.25, -0.2) is 4.39 Å². The first-order valence-corrected chi connectivity index (χ1v) is 10.6. The minimum atomic E-state index is -4.71. The quantitative estimate of drug-likeness (QED) is 0.224. The molecule has 0 aliphatic rings. The van der Waals surface area contributed by atoms with Gasteiger partial charge in [0.25, 0.3) is 5.91 Å². The summed E-state index contributed by atoms with van der Waals surface area (Å²) in [5.74, 6) is -1.39. The third-order valence-electron chi connectivity index (χ3n) is 4.64. The van der Waals surface area contributed by atoms with Crippen molar-refractivity contribution in [1.29, 1.82) is 0 Å². The fraction of sp³-hybridized carbons (Fsp3) is 0.174. The Hall–Kier alpha value is -3.17. The maximum Gasteiger partial charge on any atom is 0.417 e. The van der Waals surface area contributed by atoms with E-state index in [-0.39, 0.29) is 28.0 Å². The Bertz CT molecular complexity index is 1200. The Labute approximate surface area is 202 Å². The second kappa shape index (κ2) is 10.8. The summed E-state index contributed by atoms with van der Waals surface area (Å²) >= 11 is 12.1. The van der Waals surface area contributed by atoms with E-state index in [0.29, 0.717) is 5.56 Å². The molecule has 5 nitrogen and oxygen atoms in total. The molecular formula is C23H17Cl2F4N3O2. The summed E-state index contributed by atoms with van der Waals surface area (Å²) in [5, 5.41) is 6.75. The highest BCUT2D eigenvalue weighted by Gasteiger charge is 2.34. The molecule has 1 heterocycles. The lowest BCUT2D eigenvalue weighted by Gasteiger charge is -2.15. The summed E-state index contributed by atoms with van der Waals surface area (Å²) in [5.41, 5.74) is -0.863. The third kappa shape index (κ3) is 6.45. The number of amides is 1. The lowest BCUT2D eigenvalue weighted by atomic mass is 10.1. The Morgan fingerprint density at radius 1 is 1.15 bits per heavy atom. The molecule has 0 aliphatic carbocycles. The standard InChI is InChI=1S/C23H17Cl2F4N3O2/c1-13(14-6-8-16(26)9-7-14)34-32-20(21-19(25)10-15(24)11-30-21)12-31-22(33)17-4-2-3-5-18(17)23(27,28)29/h2-11,13H,12H2,1H3,(H,31,33)/b32-20+. The van der Waals surface area contributed by atoms with Crippen LogP contribution in [0.2, 0.25) is 10.0 Å². The van der Waals surface area contributed by atoms with Gasteiger partial charge >= 0.3 is 6.18 Å². The Morgan fingerprint density at radius 3 is 2.47 bits per heavy atom. The van der Waals surface area contributed by atoms with E-state index in [2.05, 4.69) is 15.5 Å². The summed E-state index contributed by atoms with van der Waals surface area (Å²) in [7, 11) is 0. The van der Waals surface area contributed by atoms with Crippen molar-refractivity contribution in [3.05, 3.63) is 99.0 Å². The van der Waals surface area contributed by atoms with Crippen LogP contribution in [0.15, 0.2) is 65.9 Å². The molecule has 0 spiro atoms. The zero-order chi connectivity index (χ0) is 24.9. The highest BCUT2D eigenvalue weighted by molar-refractivity contribution is 6.36. The van der Waals surface area contributed by atoms with E-state index >= 15 is 0 Å². The molecule has 2 aromatic carbocycles. The van der Waals surface area contributed by atoms with Gasteiger partial charge < -0.3 is 10.2 Å². The molecule has 1 N–H and O–H groups in total. The Kier molecular flexibility index (Phi) is 8.11. The van der Waals surface area contributed by atoms with Crippen LogP contribution >= 0.6 is 23.2 Å². The van der Waals surface area contributed by atoms with Crippen molar-refractivity contribution in [1.82, 2.24) is 10.3 Å². The number of hydrogen-bond acceptors (Lipinski definition) is 4. The number of aromatic nitrogens is 1. The molecule has 0 aliphatic heterocycles. The monoisotopic (exact) mass is 513 g/mol. The molecule has 0 bridgehead atoms. The van der Waals surface area contributed by atoms with E-state index < -0.39 is 35.1 Å². The molecule has 0 radical (unpaired) electrons. The number of nitrogens with one attached hydrogen (secondary N) is 1. The minimum Gasteiger partial charge on any atom is -0.388 e. The van der Waals surface area contributed by atoms with E-state index in [1.165, 1.54) is 48.7 Å². The topological polar surface area (TPSA) is 63.6 Å². The Morgan fingerprint density at radius 2 is 1.82 bits per heavy atom. The highest BCUT2D eigenvalue weighted by Crippen LogP contribution is 2.31. The largest absolute Gasteiger partial charge is 0.417 e. The molecule has 1 unspecified atom stereocenters. The first-order chi connectivity index (χ1) is 16.1. The van der Waals surface area contributed by atoms with Crippen molar-refractivity contribution >= 4 is 34.8 Å². The smallest absolute Gasteiger partial charge is 0.388 e. The van der Waals surface area contributed by atoms with Crippen molar-refractivity contribution in [2.75, 3.05) is 6.54 Å². The molecular weight excluding hydrogens is 497 g/mol. The zero-order valence-corrected chi connectivity index (χ0v) is 19.0. The number of benzene rings is 2. The van der Waals surface area contributed by atoms with Gasteiger partial charge in [0, 0.05) is 6.20 Å². The molecule has 3 rings (SSSR count). The van der Waals surface area contributed by atoms with E-state index in [0.717, 1.165) is 12.1 Å². The van der Waals surface area contributed by atoms with Gasteiger partial charge in [-0.1, -0.05) is 52.6 Å². The number of halogens is 6. The van der Waals surface area contributed by atoms with E-state index in [9.17, 15) is 22.4 Å². The number of nitrogens with zero attached hydrogens (tertiary/aromatic N) is 2. The molecule has 0 saturated carbocycles. The maximum absolute atomic E-state index is 13.3. The second-order valence-corrected chi connectivity index (χ2v) is 7.89. The number of carbonyl (C=O) groups is 1. The summed E-state index contributed by atoms with van der Waals surface area (Å²) in [6.45, 7) is 1.30. The van der Waals surface area contributed by atoms with Gasteiger partial charge in [0.15, 0.2) is 0 Å². The molecule has 11 heteroatoms. The second-order valence-electron chi connectivity index (χ2n) is 7.05. The van der Waals surface area contributed by atoms with Crippen molar-refractivity contribution in [3.8, 4) is 0 Å². The number of pyridine rings is 1. The van der Waals surface area contributed by atoms with Crippen LogP contribution in [0, 0.1) is 5.82 Å². The number of hydrogen-bond donors (Lipinski definition) is 1. The van der Waals surface area contributed by atoms with E-state index in [4.69, 9.17) is 28.0 Å². The molecule has 34 heavy (non-hydrogen) atoms. The average Bonchev–Trinajstić information content (AvgIpc) is 2.79. The van der Waals surface area contributed by atoms with Gasteiger partial charge in [0.05, 0.1) is 27.7 Å². The van der Waals surface area contributed by atoms with Crippen LogP contribution < -0.4 is 5.32 Å². The van der Waals surface area contributed by atoms with Crippen LogP contribution in [0.4, 0.5) is 17.6 Å². The highest BCUT2D eigenvalue weighted by atomic mass is 35.5. The molecule has 1 amide bonds. The molecule has 0 saturated heterocycles. The van der Waals surface area contributed by atoms with Crippen LogP contribution in [0.3, 0.4) is 0 Å². The SMILES string of the molecule is CC(O/N=C(\CNC(=O)c1ccccc1C(F)(F)F)c1ncc(Cl)cc1Cl)c1ccc(F)cc1. The third-order valence-corrected chi connectivity index (χ3v) is 5.13. The zero-order valence-electron chi connectivity index (χ0n) is 17.5. The lowest BCUT2D eigenvalue weighted by molar-refractivity contribution is -0.137. The fourth-order valence-electron chi connectivity index (χ4n) is 2.91. The van der Waals surface area contributed by atoms with Gasteiger partial charge in [-0.15, -0.1) is 0 Å². The molecule has 178 valence electrons. The Balaban J connectivity index is 1.85. The van der Waals surface area contributed by atoms with Crippen LogP contribution in [0.1, 0.15) is 40.2 Å². The average molecular weight is 514 g/mol. The van der Waals surface area contributed by atoms with Crippen molar-refractivity contribution in [3.63, 3.8) is 0 Å². The summed E-state index contributed by atoms with van der Waals surface area (Å²) in [6, 6.07) is 11.3. The van der Waals surface area contributed by atoms with Gasteiger partial charge in [0.1, 0.15) is 23.3 Å². The van der Waals surface area contributed by atoms with E-state index in [1.807, 2.05) is 0 Å². The van der Waals surface area contributed by atoms with Crippen LogP contribution in [0.5, 0.6) is 0 Å². The molecule has 1 aromatic heterocycles. The first kappa shape index (κ1) is 25.5. The normalized spacial score (nSPS) is 12.9. The summed E-state index contributed by atoms with van der Waals surface area (Å²) < 4.78 is 53.0. The van der Waals surface area contributed by atoms with Crippen molar-refractivity contribution in [2.45, 2.75) is 19.2 Å². The van der Waals surface area contributed by atoms with Crippen LogP contribution in [-0.4, -0.2) is 23.1 Å². The predicted octanol–water partition coefficient (Wildman–Crippen LogP) is 6.46. The summed E-state index contributed by atoms with van der Waals surface area (Å²) in [4.78, 5) is 22.1. The fourth-order valence-corrected chi connectivity index (χ4v) is 3.40. The van der Waals surface area contributed by atoms with Gasteiger partial charge in [-0.3, -0.25) is 9.78 Å². The van der Waals surface area contributed by atoms with Crippen LogP contribution in [-0.2, 0) is 11.0 Å². The molecule has 1 atom stereocenters. The molecule has 3 aromatic rings. The van der Waals surface area contributed by atoms with E-state index in [1.54, 1.807) is 6.92 Å². The van der Waals surface area contributed by atoms with Crippen molar-refractivity contribution in [2.24, 2.45) is 5.16 Å². The number of oxime groups is 1.